The molecular weight excluding hydrogens is 178 g/mol. The Kier molecular flexibility index (Phi) is 5.45. The Morgan fingerprint density at radius 3 is 2.57 bits per heavy atom. The van der Waals surface area contributed by atoms with E-state index in [0.717, 1.165) is 45.1 Å². The van der Waals surface area contributed by atoms with Crippen LogP contribution in [0.2, 0.25) is 0 Å². The summed E-state index contributed by atoms with van der Waals surface area (Å²) in [6, 6.07) is 0.379. The average molecular weight is 201 g/mol. The fraction of sp³-hybridized carbons (Fsp3) is 1.00. The lowest BCUT2D eigenvalue weighted by Gasteiger charge is -2.26. The SMILES string of the molecule is CN(CCCCCO)[C@H]1CCC[C@@H]1O. The van der Waals surface area contributed by atoms with Crippen molar-refractivity contribution in [1.29, 1.82) is 0 Å². The number of hydrogen-bond donors (Lipinski definition) is 2. The van der Waals surface area contributed by atoms with Gasteiger partial charge in [-0.3, -0.25) is 0 Å². The Hall–Kier alpha value is -0.120. The number of aliphatic hydroxyl groups is 2. The molecule has 0 spiro atoms. The van der Waals surface area contributed by atoms with E-state index in [1.807, 2.05) is 0 Å². The minimum absolute atomic E-state index is 0.113. The van der Waals surface area contributed by atoms with Crippen LogP contribution in [0.5, 0.6) is 0 Å². The number of aliphatic hydroxyl groups excluding tert-OH is 2. The van der Waals surface area contributed by atoms with Crippen molar-refractivity contribution >= 4 is 0 Å². The van der Waals surface area contributed by atoms with Gasteiger partial charge in [0.25, 0.3) is 0 Å². The summed E-state index contributed by atoms with van der Waals surface area (Å²) in [6.45, 7) is 1.34. The maximum Gasteiger partial charge on any atom is 0.0695 e. The third-order valence-electron chi connectivity index (χ3n) is 3.18. The van der Waals surface area contributed by atoms with Crippen LogP contribution in [-0.4, -0.2) is 47.5 Å². The van der Waals surface area contributed by atoms with Crippen molar-refractivity contribution in [3.05, 3.63) is 0 Å². The van der Waals surface area contributed by atoms with Crippen LogP contribution in [0.3, 0.4) is 0 Å². The molecule has 0 aromatic rings. The summed E-state index contributed by atoms with van der Waals surface area (Å²) >= 11 is 0. The van der Waals surface area contributed by atoms with Gasteiger partial charge in [0.15, 0.2) is 0 Å². The molecule has 3 heteroatoms. The normalized spacial score (nSPS) is 27.4. The van der Waals surface area contributed by atoms with E-state index in [0.29, 0.717) is 12.6 Å². The van der Waals surface area contributed by atoms with Crippen molar-refractivity contribution < 1.29 is 10.2 Å². The Morgan fingerprint density at radius 2 is 2.00 bits per heavy atom. The van der Waals surface area contributed by atoms with E-state index in [2.05, 4.69) is 11.9 Å². The van der Waals surface area contributed by atoms with Crippen LogP contribution in [0.25, 0.3) is 0 Å². The first-order chi connectivity index (χ1) is 6.75. The highest BCUT2D eigenvalue weighted by molar-refractivity contribution is 4.83. The molecule has 0 radical (unpaired) electrons. The van der Waals surface area contributed by atoms with Gasteiger partial charge in [0.1, 0.15) is 0 Å². The van der Waals surface area contributed by atoms with Gasteiger partial charge in [0.05, 0.1) is 6.10 Å². The third kappa shape index (κ3) is 3.56. The highest BCUT2D eigenvalue weighted by atomic mass is 16.3. The summed E-state index contributed by atoms with van der Waals surface area (Å²) < 4.78 is 0. The van der Waals surface area contributed by atoms with Crippen LogP contribution in [0, 0.1) is 0 Å². The van der Waals surface area contributed by atoms with E-state index in [9.17, 15) is 5.11 Å². The second-order valence-corrected chi connectivity index (χ2v) is 4.33. The molecule has 1 saturated carbocycles. The summed E-state index contributed by atoms with van der Waals surface area (Å²) in [7, 11) is 2.10. The van der Waals surface area contributed by atoms with Gasteiger partial charge in [0.2, 0.25) is 0 Å². The molecule has 1 aliphatic carbocycles. The summed E-state index contributed by atoms with van der Waals surface area (Å²) in [5.41, 5.74) is 0. The molecule has 0 bridgehead atoms. The number of likely N-dealkylation sites (N-methyl/N-ethyl adjacent to an activating group) is 1. The van der Waals surface area contributed by atoms with E-state index in [-0.39, 0.29) is 6.10 Å². The van der Waals surface area contributed by atoms with Crippen LogP contribution < -0.4 is 0 Å². The van der Waals surface area contributed by atoms with Crippen molar-refractivity contribution in [2.24, 2.45) is 0 Å². The van der Waals surface area contributed by atoms with Crippen LogP contribution in [0.4, 0.5) is 0 Å². The van der Waals surface area contributed by atoms with Gasteiger partial charge in [-0.1, -0.05) is 0 Å². The van der Waals surface area contributed by atoms with Crippen molar-refractivity contribution in [2.45, 2.75) is 50.7 Å². The van der Waals surface area contributed by atoms with Gasteiger partial charge in [0, 0.05) is 12.6 Å². The van der Waals surface area contributed by atoms with Gasteiger partial charge in [-0.25, -0.2) is 0 Å². The summed E-state index contributed by atoms with van der Waals surface area (Å²) in [5, 5.41) is 18.3. The zero-order chi connectivity index (χ0) is 10.4. The molecule has 2 atom stereocenters. The molecule has 1 fully saturated rings. The maximum atomic E-state index is 9.68. The van der Waals surface area contributed by atoms with E-state index in [1.165, 1.54) is 0 Å². The quantitative estimate of drug-likeness (QED) is 0.630. The number of hydrogen-bond acceptors (Lipinski definition) is 3. The van der Waals surface area contributed by atoms with Crippen LogP contribution in [0.1, 0.15) is 38.5 Å². The fourth-order valence-corrected chi connectivity index (χ4v) is 2.25. The minimum atomic E-state index is -0.113. The standard InChI is InChI=1S/C11H23NO2/c1-12(8-3-2-4-9-13)10-6-5-7-11(10)14/h10-11,13-14H,2-9H2,1H3/t10-,11-/m0/s1. The van der Waals surface area contributed by atoms with E-state index in [4.69, 9.17) is 5.11 Å². The van der Waals surface area contributed by atoms with Gasteiger partial charge in [-0.05, 0) is 52.1 Å². The smallest absolute Gasteiger partial charge is 0.0695 e. The second kappa shape index (κ2) is 6.38. The van der Waals surface area contributed by atoms with Crippen LogP contribution in [0.15, 0.2) is 0 Å². The van der Waals surface area contributed by atoms with Crippen molar-refractivity contribution in [3.8, 4) is 0 Å². The predicted octanol–water partition coefficient (Wildman–Crippen LogP) is 0.994. The van der Waals surface area contributed by atoms with Gasteiger partial charge in [-0.2, -0.15) is 0 Å². The first-order valence-corrected chi connectivity index (χ1v) is 5.75. The molecular formula is C11H23NO2. The molecule has 84 valence electrons. The lowest BCUT2D eigenvalue weighted by atomic mass is 10.1. The largest absolute Gasteiger partial charge is 0.396 e. The zero-order valence-corrected chi connectivity index (χ0v) is 9.15. The van der Waals surface area contributed by atoms with Crippen molar-refractivity contribution in [3.63, 3.8) is 0 Å². The summed E-state index contributed by atoms with van der Waals surface area (Å²) in [6.07, 6.45) is 6.26. The van der Waals surface area contributed by atoms with Gasteiger partial charge < -0.3 is 15.1 Å². The molecule has 1 rings (SSSR count). The molecule has 0 aliphatic heterocycles. The van der Waals surface area contributed by atoms with Gasteiger partial charge in [-0.15, -0.1) is 0 Å². The first kappa shape index (κ1) is 12.0. The number of nitrogens with zero attached hydrogens (tertiary/aromatic N) is 1. The predicted molar refractivity (Wildman–Crippen MR) is 57.2 cm³/mol. The van der Waals surface area contributed by atoms with Crippen molar-refractivity contribution in [1.82, 2.24) is 4.90 Å². The molecule has 1 aliphatic rings. The summed E-state index contributed by atoms with van der Waals surface area (Å²) in [5.74, 6) is 0. The highest BCUT2D eigenvalue weighted by Crippen LogP contribution is 2.23. The molecule has 0 unspecified atom stereocenters. The van der Waals surface area contributed by atoms with Crippen molar-refractivity contribution in [2.75, 3.05) is 20.2 Å². The first-order valence-electron chi connectivity index (χ1n) is 5.75. The summed E-state index contributed by atoms with van der Waals surface area (Å²) in [4.78, 5) is 2.27. The Balaban J connectivity index is 2.11. The average Bonchev–Trinajstić information content (AvgIpc) is 2.59. The minimum Gasteiger partial charge on any atom is -0.396 e. The maximum absolute atomic E-state index is 9.68. The lowest BCUT2D eigenvalue weighted by Crippen LogP contribution is -2.38. The Bertz CT molecular complexity index is 152. The van der Waals surface area contributed by atoms with E-state index in [1.54, 1.807) is 0 Å². The molecule has 0 aromatic heterocycles. The number of unbranched alkanes of at least 4 members (excludes halogenated alkanes) is 2. The molecule has 0 aromatic carbocycles. The third-order valence-corrected chi connectivity index (χ3v) is 3.18. The Morgan fingerprint density at radius 1 is 1.21 bits per heavy atom. The highest BCUT2D eigenvalue weighted by Gasteiger charge is 2.27. The molecule has 0 saturated heterocycles. The molecule has 2 N–H and O–H groups in total. The molecule has 3 nitrogen and oxygen atoms in total. The topological polar surface area (TPSA) is 43.7 Å². The number of rotatable bonds is 6. The van der Waals surface area contributed by atoms with Crippen LogP contribution in [-0.2, 0) is 0 Å². The molecule has 0 amide bonds. The lowest BCUT2D eigenvalue weighted by molar-refractivity contribution is 0.0851. The van der Waals surface area contributed by atoms with Crippen LogP contribution >= 0.6 is 0 Å². The second-order valence-electron chi connectivity index (χ2n) is 4.33. The zero-order valence-electron chi connectivity index (χ0n) is 9.15. The fourth-order valence-electron chi connectivity index (χ4n) is 2.25. The van der Waals surface area contributed by atoms with E-state index >= 15 is 0 Å². The monoisotopic (exact) mass is 201 g/mol. The molecule has 14 heavy (non-hydrogen) atoms. The van der Waals surface area contributed by atoms with Gasteiger partial charge >= 0.3 is 0 Å². The van der Waals surface area contributed by atoms with E-state index < -0.39 is 0 Å². The molecule has 0 heterocycles. The Labute approximate surface area is 86.7 Å².